The minimum Gasteiger partial charge on any atom is -0.468 e. The van der Waals surface area contributed by atoms with E-state index < -0.39 is 23.7 Å². The fourth-order valence-corrected chi connectivity index (χ4v) is 4.26. The van der Waals surface area contributed by atoms with Gasteiger partial charge < -0.3 is 15.4 Å². The van der Waals surface area contributed by atoms with E-state index in [0.717, 1.165) is 11.8 Å². The number of amides is 2. The van der Waals surface area contributed by atoms with Crippen molar-refractivity contribution >= 4 is 46.8 Å². The lowest BCUT2D eigenvalue weighted by Gasteiger charge is -2.30. The Morgan fingerprint density at radius 3 is 2.52 bits per heavy atom. The van der Waals surface area contributed by atoms with Crippen molar-refractivity contribution in [2.24, 2.45) is 5.92 Å². The maximum atomic E-state index is 12.7. The number of nitrogens with one attached hydrogen (secondary N) is 2. The summed E-state index contributed by atoms with van der Waals surface area (Å²) in [7, 11) is 1.19. The highest BCUT2D eigenvalue weighted by Gasteiger charge is 2.44. The lowest BCUT2D eigenvalue weighted by atomic mass is 9.78. The highest BCUT2D eigenvalue weighted by Crippen LogP contribution is 2.40. The number of carbonyl (C=O) groups excluding carboxylic acids is 3. The zero-order chi connectivity index (χ0) is 22.4. The van der Waals surface area contributed by atoms with Gasteiger partial charge in [0.2, 0.25) is 11.8 Å². The summed E-state index contributed by atoms with van der Waals surface area (Å²) in [5.74, 6) is -3.78. The molecule has 31 heavy (non-hydrogen) atoms. The molecule has 0 bridgehead atoms. The average molecular weight is 456 g/mol. The van der Waals surface area contributed by atoms with Crippen LogP contribution in [0.25, 0.3) is 0 Å². The Labute approximate surface area is 188 Å². The number of allylic oxidation sites excluding steroid dienone is 1. The summed E-state index contributed by atoms with van der Waals surface area (Å²) in [6.45, 7) is 0. The lowest BCUT2D eigenvalue weighted by Crippen LogP contribution is -2.44. The molecule has 9 heteroatoms. The van der Waals surface area contributed by atoms with Crippen LogP contribution in [0, 0.1) is 17.2 Å². The summed E-state index contributed by atoms with van der Waals surface area (Å²) in [6.07, 6.45) is 0. The highest BCUT2D eigenvalue weighted by atomic mass is 35.5. The normalized spacial score (nSPS) is 18.0. The molecule has 158 valence electrons. The third kappa shape index (κ3) is 5.08. The largest absolute Gasteiger partial charge is 0.468 e. The summed E-state index contributed by atoms with van der Waals surface area (Å²) >= 11 is 7.06. The molecule has 0 unspecified atom stereocenters. The Morgan fingerprint density at radius 2 is 1.87 bits per heavy atom. The molecule has 7 nitrogen and oxygen atoms in total. The second kappa shape index (κ2) is 10.2. The monoisotopic (exact) mass is 455 g/mol. The van der Waals surface area contributed by atoms with Crippen molar-refractivity contribution in [3.8, 4) is 6.07 Å². The van der Waals surface area contributed by atoms with Crippen molar-refractivity contribution in [2.45, 2.75) is 5.92 Å². The summed E-state index contributed by atoms with van der Waals surface area (Å²) < 4.78 is 4.80. The number of nitriles is 1. The van der Waals surface area contributed by atoms with E-state index in [1.165, 1.54) is 7.11 Å². The first-order chi connectivity index (χ1) is 15.0. The van der Waals surface area contributed by atoms with Gasteiger partial charge in [-0.05, 0) is 17.7 Å². The van der Waals surface area contributed by atoms with Crippen LogP contribution >= 0.6 is 23.4 Å². The van der Waals surface area contributed by atoms with Gasteiger partial charge in [-0.15, -0.1) is 0 Å². The maximum absolute atomic E-state index is 12.7. The van der Waals surface area contributed by atoms with Crippen LogP contribution in [0.3, 0.4) is 0 Å². The van der Waals surface area contributed by atoms with Crippen LogP contribution < -0.4 is 10.6 Å². The van der Waals surface area contributed by atoms with Crippen molar-refractivity contribution < 1.29 is 19.1 Å². The van der Waals surface area contributed by atoms with Crippen LogP contribution in [0.15, 0.2) is 65.2 Å². The van der Waals surface area contributed by atoms with Crippen molar-refractivity contribution in [3.63, 3.8) is 0 Å². The Morgan fingerprint density at radius 1 is 1.19 bits per heavy atom. The van der Waals surface area contributed by atoms with Crippen LogP contribution in [0.4, 0.5) is 5.69 Å². The van der Waals surface area contributed by atoms with E-state index in [9.17, 15) is 19.6 Å². The van der Waals surface area contributed by atoms with Crippen molar-refractivity contribution in [1.29, 1.82) is 5.26 Å². The molecule has 0 fully saturated rings. The standard InChI is InChI=1S/C22H18ClN3O4S/c1-30-22(29)19-18(13-7-3-2-4-8-13)14(11-24)21(26-20(19)28)31-12-17(27)25-16-10-6-5-9-15(16)23/h2-10,18-19H,12H2,1H3,(H,25,27)(H,26,28)/t18-,19+/m0/s1. The smallest absolute Gasteiger partial charge is 0.319 e. The second-order valence-electron chi connectivity index (χ2n) is 6.55. The topological polar surface area (TPSA) is 108 Å². The molecule has 1 aliphatic rings. The molecule has 2 atom stereocenters. The minimum absolute atomic E-state index is 0.0730. The van der Waals surface area contributed by atoms with E-state index >= 15 is 0 Å². The lowest BCUT2D eigenvalue weighted by molar-refractivity contribution is -0.150. The van der Waals surface area contributed by atoms with Gasteiger partial charge in [-0.3, -0.25) is 14.4 Å². The third-order valence-electron chi connectivity index (χ3n) is 4.64. The number of benzene rings is 2. The molecule has 0 aromatic heterocycles. The van der Waals surface area contributed by atoms with Gasteiger partial charge in [0.05, 0.1) is 40.2 Å². The fourth-order valence-electron chi connectivity index (χ4n) is 3.23. The number of ether oxygens (including phenoxy) is 1. The number of hydrogen-bond acceptors (Lipinski definition) is 6. The van der Waals surface area contributed by atoms with Gasteiger partial charge in [-0.1, -0.05) is 65.8 Å². The van der Waals surface area contributed by atoms with Crippen molar-refractivity contribution in [2.75, 3.05) is 18.2 Å². The van der Waals surface area contributed by atoms with Crippen LogP contribution in [0.1, 0.15) is 11.5 Å². The highest BCUT2D eigenvalue weighted by molar-refractivity contribution is 8.03. The van der Waals surface area contributed by atoms with Crippen LogP contribution in [0.5, 0.6) is 0 Å². The van der Waals surface area contributed by atoms with Gasteiger partial charge in [0.15, 0.2) is 0 Å². The zero-order valence-electron chi connectivity index (χ0n) is 16.4. The number of anilines is 1. The SMILES string of the molecule is COC(=O)[C@H]1C(=O)NC(SCC(=O)Nc2ccccc2Cl)=C(C#N)[C@@H]1c1ccccc1. The molecule has 2 aromatic carbocycles. The zero-order valence-corrected chi connectivity index (χ0v) is 18.0. The molecule has 0 aliphatic carbocycles. The third-order valence-corrected chi connectivity index (χ3v) is 5.98. The van der Waals surface area contributed by atoms with Gasteiger partial charge in [0.25, 0.3) is 0 Å². The number of rotatable bonds is 6. The fraction of sp³-hybridized carbons (Fsp3) is 0.182. The van der Waals surface area contributed by atoms with E-state index in [0.29, 0.717) is 16.3 Å². The molecular formula is C22H18ClN3O4S. The number of thioether (sulfide) groups is 1. The molecule has 0 saturated carbocycles. The Kier molecular flexibility index (Phi) is 7.34. The van der Waals surface area contributed by atoms with Gasteiger partial charge in [-0.25, -0.2) is 0 Å². The molecule has 3 rings (SSSR count). The molecule has 0 radical (unpaired) electrons. The Balaban J connectivity index is 1.87. The molecule has 2 N–H and O–H groups in total. The predicted octanol–water partition coefficient (Wildman–Crippen LogP) is 3.45. The van der Waals surface area contributed by atoms with Gasteiger partial charge >= 0.3 is 5.97 Å². The molecule has 2 aromatic rings. The first kappa shape index (κ1) is 22.4. The first-order valence-corrected chi connectivity index (χ1v) is 10.6. The van der Waals surface area contributed by atoms with Crippen LogP contribution in [-0.2, 0) is 19.1 Å². The van der Waals surface area contributed by atoms with Gasteiger partial charge in [0.1, 0.15) is 5.92 Å². The predicted molar refractivity (Wildman–Crippen MR) is 118 cm³/mol. The molecular weight excluding hydrogens is 438 g/mol. The van der Waals surface area contributed by atoms with E-state index in [1.54, 1.807) is 54.6 Å². The van der Waals surface area contributed by atoms with Crippen molar-refractivity contribution in [3.05, 3.63) is 75.8 Å². The Bertz CT molecular complexity index is 1080. The minimum atomic E-state index is -1.21. The number of halogens is 1. The Hall–Kier alpha value is -3.28. The number of hydrogen-bond donors (Lipinski definition) is 2. The number of para-hydroxylation sites is 1. The van der Waals surface area contributed by atoms with Crippen molar-refractivity contribution in [1.82, 2.24) is 5.32 Å². The van der Waals surface area contributed by atoms with Crippen LogP contribution in [-0.4, -0.2) is 30.6 Å². The number of carbonyl (C=O) groups is 3. The quantitative estimate of drug-likeness (QED) is 0.510. The molecule has 0 saturated heterocycles. The first-order valence-electron chi connectivity index (χ1n) is 9.21. The number of nitrogens with zero attached hydrogens (tertiary/aromatic N) is 1. The van der Waals surface area contributed by atoms with Crippen LogP contribution in [0.2, 0.25) is 5.02 Å². The second-order valence-corrected chi connectivity index (χ2v) is 7.94. The summed E-state index contributed by atoms with van der Waals surface area (Å²) in [5, 5.41) is 15.8. The molecule has 1 aliphatic heterocycles. The molecule has 1 heterocycles. The maximum Gasteiger partial charge on any atom is 0.319 e. The summed E-state index contributed by atoms with van der Waals surface area (Å²) in [5.41, 5.74) is 1.28. The van der Waals surface area contributed by atoms with Gasteiger partial charge in [0, 0.05) is 5.92 Å². The van der Waals surface area contributed by atoms with E-state index in [2.05, 4.69) is 16.7 Å². The summed E-state index contributed by atoms with van der Waals surface area (Å²) in [4.78, 5) is 37.4. The van der Waals surface area contributed by atoms with E-state index in [4.69, 9.17) is 16.3 Å². The van der Waals surface area contributed by atoms with Gasteiger partial charge in [-0.2, -0.15) is 5.26 Å². The van der Waals surface area contributed by atoms with E-state index in [-0.39, 0.29) is 22.3 Å². The molecule has 2 amide bonds. The summed E-state index contributed by atoms with van der Waals surface area (Å²) in [6, 6.07) is 17.7. The number of esters is 1. The van der Waals surface area contributed by atoms with E-state index in [1.807, 2.05) is 0 Å². The number of methoxy groups -OCH3 is 1. The average Bonchev–Trinajstić information content (AvgIpc) is 2.78. The molecule has 0 spiro atoms.